The fourth-order valence-corrected chi connectivity index (χ4v) is 2.92. The van der Waals surface area contributed by atoms with Gasteiger partial charge < -0.3 is 10.6 Å². The first kappa shape index (κ1) is 16.7. The molecular weight excluding hydrogens is 334 g/mol. The van der Waals surface area contributed by atoms with E-state index in [2.05, 4.69) is 22.1 Å². The molecule has 4 aromatic rings. The summed E-state index contributed by atoms with van der Waals surface area (Å²) < 4.78 is 0. The van der Waals surface area contributed by atoms with E-state index in [-0.39, 0.29) is 0 Å². The number of hydrogen-bond acceptors (Lipinski definition) is 5. The highest BCUT2D eigenvalue weighted by atomic mass is 15.3. The van der Waals surface area contributed by atoms with Crippen LogP contribution < -0.4 is 10.6 Å². The largest absolute Gasteiger partial charge is 0.397 e. The van der Waals surface area contributed by atoms with Crippen LogP contribution in [0, 0.1) is 0 Å². The molecule has 0 bridgehead atoms. The number of pyridine rings is 1. The number of aromatic nitrogens is 3. The van der Waals surface area contributed by atoms with Crippen LogP contribution >= 0.6 is 0 Å². The van der Waals surface area contributed by atoms with Crippen LogP contribution in [-0.4, -0.2) is 15.0 Å². The Morgan fingerprint density at radius 3 is 2.41 bits per heavy atom. The van der Waals surface area contributed by atoms with E-state index < -0.39 is 0 Å². The molecule has 4 rings (SSSR count). The Kier molecular flexibility index (Phi) is 4.74. The van der Waals surface area contributed by atoms with Gasteiger partial charge in [-0.2, -0.15) is 0 Å². The van der Waals surface area contributed by atoms with E-state index in [0.29, 0.717) is 18.2 Å². The van der Waals surface area contributed by atoms with Crippen molar-refractivity contribution >= 4 is 17.3 Å². The summed E-state index contributed by atoms with van der Waals surface area (Å²) in [7, 11) is 0. The van der Waals surface area contributed by atoms with Crippen LogP contribution in [0.15, 0.2) is 91.4 Å². The van der Waals surface area contributed by atoms with Gasteiger partial charge in [-0.3, -0.25) is 4.98 Å². The van der Waals surface area contributed by atoms with Gasteiger partial charge in [0.05, 0.1) is 23.6 Å². The van der Waals surface area contributed by atoms with Crippen LogP contribution in [-0.2, 0) is 6.54 Å². The highest BCUT2D eigenvalue weighted by Crippen LogP contribution is 2.30. The summed E-state index contributed by atoms with van der Waals surface area (Å²) in [5, 5.41) is 0. The van der Waals surface area contributed by atoms with E-state index in [4.69, 9.17) is 10.7 Å². The number of para-hydroxylation sites is 2. The fourth-order valence-electron chi connectivity index (χ4n) is 2.92. The average molecular weight is 353 g/mol. The molecule has 0 atom stereocenters. The average Bonchev–Trinajstić information content (AvgIpc) is 2.74. The quantitative estimate of drug-likeness (QED) is 0.537. The van der Waals surface area contributed by atoms with E-state index in [1.165, 1.54) is 0 Å². The second-order valence-corrected chi connectivity index (χ2v) is 6.11. The lowest BCUT2D eigenvalue weighted by Crippen LogP contribution is -2.20. The lowest BCUT2D eigenvalue weighted by Gasteiger charge is -2.24. The summed E-state index contributed by atoms with van der Waals surface area (Å²) in [4.78, 5) is 15.5. The standard InChI is InChI=1S/C22H19N5/c23-19-10-4-5-11-21(19)27(16-17-7-2-1-3-8-17)22-25-14-12-20(26-22)18-9-6-13-24-15-18/h1-15H,16,23H2. The molecule has 132 valence electrons. The van der Waals surface area contributed by atoms with Crippen molar-refractivity contribution in [1.29, 1.82) is 0 Å². The molecule has 0 saturated carbocycles. The molecule has 5 heteroatoms. The molecule has 2 aromatic heterocycles. The molecule has 27 heavy (non-hydrogen) atoms. The smallest absolute Gasteiger partial charge is 0.230 e. The normalized spacial score (nSPS) is 10.5. The van der Waals surface area contributed by atoms with Crippen LogP contribution in [0.25, 0.3) is 11.3 Å². The van der Waals surface area contributed by atoms with Crippen molar-refractivity contribution in [2.45, 2.75) is 6.54 Å². The van der Waals surface area contributed by atoms with Crippen molar-refractivity contribution in [3.8, 4) is 11.3 Å². The number of nitrogen functional groups attached to an aromatic ring is 1. The van der Waals surface area contributed by atoms with Crippen molar-refractivity contribution in [3.05, 3.63) is 97.0 Å². The van der Waals surface area contributed by atoms with Gasteiger partial charge in [-0.1, -0.05) is 42.5 Å². The zero-order valence-corrected chi connectivity index (χ0v) is 14.7. The second kappa shape index (κ2) is 7.66. The molecule has 2 N–H and O–H groups in total. The Labute approximate surface area is 158 Å². The molecule has 0 aliphatic carbocycles. The first-order valence-corrected chi connectivity index (χ1v) is 8.71. The zero-order valence-electron chi connectivity index (χ0n) is 14.7. The predicted octanol–water partition coefficient (Wildman–Crippen LogP) is 4.46. The minimum atomic E-state index is 0.595. The SMILES string of the molecule is Nc1ccccc1N(Cc1ccccc1)c1nccc(-c2cccnc2)n1. The Hall–Kier alpha value is -3.73. The lowest BCUT2D eigenvalue weighted by molar-refractivity contribution is 0.914. The summed E-state index contributed by atoms with van der Waals surface area (Å²) in [5.41, 5.74) is 10.7. The maximum Gasteiger partial charge on any atom is 0.230 e. The highest BCUT2D eigenvalue weighted by molar-refractivity contribution is 5.73. The highest BCUT2D eigenvalue weighted by Gasteiger charge is 2.16. The molecule has 0 aliphatic rings. The van der Waals surface area contributed by atoms with Crippen LogP contribution in [0.2, 0.25) is 0 Å². The molecule has 0 radical (unpaired) electrons. The predicted molar refractivity (Wildman–Crippen MR) is 108 cm³/mol. The Morgan fingerprint density at radius 1 is 0.815 bits per heavy atom. The van der Waals surface area contributed by atoms with Crippen LogP contribution in [0.5, 0.6) is 0 Å². The Bertz CT molecular complexity index is 1020. The lowest BCUT2D eigenvalue weighted by atomic mass is 10.2. The van der Waals surface area contributed by atoms with Crippen molar-refractivity contribution < 1.29 is 0 Å². The van der Waals surface area contributed by atoms with Gasteiger partial charge in [-0.05, 0) is 35.9 Å². The molecule has 0 fully saturated rings. The molecule has 2 heterocycles. The molecule has 2 aromatic carbocycles. The first-order chi connectivity index (χ1) is 13.3. The van der Waals surface area contributed by atoms with Crippen LogP contribution in [0.1, 0.15) is 5.56 Å². The van der Waals surface area contributed by atoms with Crippen LogP contribution in [0.4, 0.5) is 17.3 Å². The third-order valence-corrected chi connectivity index (χ3v) is 4.25. The fraction of sp³-hybridized carbons (Fsp3) is 0.0455. The molecule has 0 spiro atoms. The first-order valence-electron chi connectivity index (χ1n) is 8.71. The van der Waals surface area contributed by atoms with E-state index in [9.17, 15) is 0 Å². The third kappa shape index (κ3) is 3.77. The van der Waals surface area contributed by atoms with Crippen molar-refractivity contribution in [3.63, 3.8) is 0 Å². The summed E-state index contributed by atoms with van der Waals surface area (Å²) in [6.07, 6.45) is 5.31. The van der Waals surface area contributed by atoms with Gasteiger partial charge in [0.1, 0.15) is 0 Å². The number of benzene rings is 2. The summed E-state index contributed by atoms with van der Waals surface area (Å²) in [6.45, 7) is 0.617. The van der Waals surface area contributed by atoms with Crippen molar-refractivity contribution in [2.75, 3.05) is 10.6 Å². The van der Waals surface area contributed by atoms with E-state index >= 15 is 0 Å². The number of nitrogens with two attached hydrogens (primary N) is 1. The molecule has 5 nitrogen and oxygen atoms in total. The van der Waals surface area contributed by atoms with Gasteiger partial charge in [-0.25, -0.2) is 9.97 Å². The molecule has 0 saturated heterocycles. The monoisotopic (exact) mass is 353 g/mol. The second-order valence-electron chi connectivity index (χ2n) is 6.11. The number of anilines is 3. The van der Waals surface area contributed by atoms with Crippen LogP contribution in [0.3, 0.4) is 0 Å². The van der Waals surface area contributed by atoms with Gasteiger partial charge in [0.15, 0.2) is 0 Å². The van der Waals surface area contributed by atoms with Crippen molar-refractivity contribution in [1.82, 2.24) is 15.0 Å². The molecule has 0 aliphatic heterocycles. The summed E-state index contributed by atoms with van der Waals surface area (Å²) in [5.74, 6) is 0.595. The number of hydrogen-bond donors (Lipinski definition) is 1. The van der Waals surface area contributed by atoms with Gasteiger partial charge in [0, 0.05) is 24.2 Å². The zero-order chi connectivity index (χ0) is 18.5. The van der Waals surface area contributed by atoms with E-state index in [0.717, 1.165) is 22.5 Å². The van der Waals surface area contributed by atoms with Crippen molar-refractivity contribution in [2.24, 2.45) is 0 Å². The van der Waals surface area contributed by atoms with E-state index in [1.54, 1.807) is 18.6 Å². The Balaban J connectivity index is 1.78. The van der Waals surface area contributed by atoms with E-state index in [1.807, 2.05) is 65.6 Å². The van der Waals surface area contributed by atoms with Gasteiger partial charge >= 0.3 is 0 Å². The third-order valence-electron chi connectivity index (χ3n) is 4.25. The molecular formula is C22H19N5. The molecule has 0 amide bonds. The topological polar surface area (TPSA) is 67.9 Å². The van der Waals surface area contributed by atoms with Gasteiger partial charge in [0.2, 0.25) is 5.95 Å². The molecule has 0 unspecified atom stereocenters. The number of nitrogens with zero attached hydrogens (tertiary/aromatic N) is 4. The number of rotatable bonds is 5. The maximum absolute atomic E-state index is 6.25. The Morgan fingerprint density at radius 2 is 1.63 bits per heavy atom. The summed E-state index contributed by atoms with van der Waals surface area (Å²) in [6, 6.07) is 23.7. The van der Waals surface area contributed by atoms with Gasteiger partial charge in [-0.15, -0.1) is 0 Å². The van der Waals surface area contributed by atoms with Gasteiger partial charge in [0.25, 0.3) is 0 Å². The minimum Gasteiger partial charge on any atom is -0.397 e. The summed E-state index contributed by atoms with van der Waals surface area (Å²) >= 11 is 0. The minimum absolute atomic E-state index is 0.595. The maximum atomic E-state index is 6.25.